The second-order valence-electron chi connectivity index (χ2n) is 6.36. The molecule has 1 N–H and O–H groups in total. The highest BCUT2D eigenvalue weighted by Crippen LogP contribution is 2.35. The Balaban J connectivity index is 1.90. The SMILES string of the molecule is Cc1ccc(NC(c2ccc(Cl)cc2)C2CCCCC2=O)cc1. The Morgan fingerprint density at radius 2 is 1.74 bits per heavy atom. The lowest BCUT2D eigenvalue weighted by atomic mass is 9.80. The second-order valence-corrected chi connectivity index (χ2v) is 6.79. The number of nitrogens with one attached hydrogen (secondary N) is 1. The van der Waals surface area contributed by atoms with E-state index < -0.39 is 0 Å². The van der Waals surface area contributed by atoms with Crippen molar-refractivity contribution in [2.75, 3.05) is 5.32 Å². The van der Waals surface area contributed by atoms with Crippen LogP contribution in [0, 0.1) is 12.8 Å². The molecule has 120 valence electrons. The fraction of sp³-hybridized carbons (Fsp3) is 0.350. The first-order valence-corrected chi connectivity index (χ1v) is 8.62. The van der Waals surface area contributed by atoms with Crippen molar-refractivity contribution in [2.24, 2.45) is 5.92 Å². The van der Waals surface area contributed by atoms with E-state index in [0.717, 1.165) is 35.5 Å². The quantitative estimate of drug-likeness (QED) is 0.796. The van der Waals surface area contributed by atoms with Crippen LogP contribution < -0.4 is 5.32 Å². The molecular formula is C20H22ClNO. The summed E-state index contributed by atoms with van der Waals surface area (Å²) < 4.78 is 0. The van der Waals surface area contributed by atoms with Gasteiger partial charge in [0.2, 0.25) is 0 Å². The standard InChI is InChI=1S/C20H22ClNO/c1-14-6-12-17(13-7-14)22-20(15-8-10-16(21)11-9-15)18-4-2-3-5-19(18)23/h6-13,18,20,22H,2-5H2,1H3. The van der Waals surface area contributed by atoms with Gasteiger partial charge in [-0.3, -0.25) is 4.79 Å². The molecule has 2 unspecified atom stereocenters. The van der Waals surface area contributed by atoms with Gasteiger partial charge in [0.05, 0.1) is 6.04 Å². The summed E-state index contributed by atoms with van der Waals surface area (Å²) in [6, 6.07) is 16.2. The zero-order valence-electron chi connectivity index (χ0n) is 13.4. The van der Waals surface area contributed by atoms with Crippen molar-refractivity contribution in [1.29, 1.82) is 0 Å². The molecule has 3 heteroatoms. The highest BCUT2D eigenvalue weighted by Gasteiger charge is 2.31. The Kier molecular flexibility index (Phi) is 5.02. The van der Waals surface area contributed by atoms with Gasteiger partial charge in [0.1, 0.15) is 5.78 Å². The molecule has 2 aromatic rings. The predicted octanol–water partition coefficient (Wildman–Crippen LogP) is 5.56. The van der Waals surface area contributed by atoms with E-state index in [4.69, 9.17) is 11.6 Å². The second kappa shape index (κ2) is 7.18. The van der Waals surface area contributed by atoms with Crippen LogP contribution in [0.1, 0.15) is 42.9 Å². The first kappa shape index (κ1) is 16.1. The number of rotatable bonds is 4. The highest BCUT2D eigenvalue weighted by atomic mass is 35.5. The van der Waals surface area contributed by atoms with E-state index in [1.165, 1.54) is 5.56 Å². The van der Waals surface area contributed by atoms with E-state index in [1.807, 2.05) is 24.3 Å². The Morgan fingerprint density at radius 1 is 1.04 bits per heavy atom. The Morgan fingerprint density at radius 3 is 2.39 bits per heavy atom. The van der Waals surface area contributed by atoms with E-state index in [9.17, 15) is 4.79 Å². The number of carbonyl (C=O) groups is 1. The lowest BCUT2D eigenvalue weighted by Crippen LogP contribution is -2.30. The zero-order valence-corrected chi connectivity index (χ0v) is 14.1. The molecule has 23 heavy (non-hydrogen) atoms. The molecule has 0 bridgehead atoms. The van der Waals surface area contributed by atoms with Gasteiger partial charge < -0.3 is 5.32 Å². The summed E-state index contributed by atoms with van der Waals surface area (Å²) in [6.45, 7) is 2.07. The summed E-state index contributed by atoms with van der Waals surface area (Å²) in [5.41, 5.74) is 3.40. The molecule has 2 atom stereocenters. The molecule has 1 saturated carbocycles. The smallest absolute Gasteiger partial charge is 0.138 e. The van der Waals surface area contributed by atoms with E-state index >= 15 is 0 Å². The van der Waals surface area contributed by atoms with Crippen molar-refractivity contribution in [3.8, 4) is 0 Å². The number of ketones is 1. The summed E-state index contributed by atoms with van der Waals surface area (Å²) in [4.78, 5) is 12.5. The number of aryl methyl sites for hydroxylation is 1. The van der Waals surface area contributed by atoms with Crippen LogP contribution in [-0.2, 0) is 4.79 Å². The van der Waals surface area contributed by atoms with Gasteiger partial charge >= 0.3 is 0 Å². The van der Waals surface area contributed by atoms with Crippen molar-refractivity contribution in [1.82, 2.24) is 0 Å². The van der Waals surface area contributed by atoms with Crippen LogP contribution in [-0.4, -0.2) is 5.78 Å². The topological polar surface area (TPSA) is 29.1 Å². The highest BCUT2D eigenvalue weighted by molar-refractivity contribution is 6.30. The molecule has 0 spiro atoms. The average Bonchev–Trinajstić information content (AvgIpc) is 2.56. The van der Waals surface area contributed by atoms with E-state index in [-0.39, 0.29) is 12.0 Å². The third-order valence-electron chi connectivity index (χ3n) is 4.61. The monoisotopic (exact) mass is 327 g/mol. The number of Topliss-reactive ketones (excluding diaryl/α,β-unsaturated/α-hetero) is 1. The third kappa shape index (κ3) is 3.94. The van der Waals surface area contributed by atoms with Crippen molar-refractivity contribution < 1.29 is 4.79 Å². The van der Waals surface area contributed by atoms with E-state index in [1.54, 1.807) is 0 Å². The fourth-order valence-electron chi connectivity index (χ4n) is 3.28. The van der Waals surface area contributed by atoms with Crippen LogP contribution in [0.25, 0.3) is 0 Å². The average molecular weight is 328 g/mol. The lowest BCUT2D eigenvalue weighted by Gasteiger charge is -2.31. The largest absolute Gasteiger partial charge is 0.378 e. The first-order chi connectivity index (χ1) is 11.1. The molecule has 1 aliphatic rings. The molecule has 0 amide bonds. The molecule has 3 rings (SSSR count). The van der Waals surface area contributed by atoms with Gasteiger partial charge in [-0.1, -0.05) is 47.9 Å². The van der Waals surface area contributed by atoms with Crippen LogP contribution in [0.3, 0.4) is 0 Å². The van der Waals surface area contributed by atoms with Crippen LogP contribution in [0.15, 0.2) is 48.5 Å². The van der Waals surface area contributed by atoms with Gasteiger partial charge in [0.25, 0.3) is 0 Å². The van der Waals surface area contributed by atoms with Gasteiger partial charge in [-0.15, -0.1) is 0 Å². The van der Waals surface area contributed by atoms with Crippen molar-refractivity contribution in [3.63, 3.8) is 0 Å². The number of halogens is 1. The van der Waals surface area contributed by atoms with E-state index in [0.29, 0.717) is 12.2 Å². The fourth-order valence-corrected chi connectivity index (χ4v) is 3.40. The van der Waals surface area contributed by atoms with Crippen molar-refractivity contribution in [3.05, 3.63) is 64.7 Å². The number of hydrogen-bond donors (Lipinski definition) is 1. The Bertz CT molecular complexity index is 663. The van der Waals surface area contributed by atoms with Gasteiger partial charge in [0.15, 0.2) is 0 Å². The maximum absolute atomic E-state index is 12.5. The number of anilines is 1. The number of carbonyl (C=O) groups excluding carboxylic acids is 1. The maximum atomic E-state index is 12.5. The molecule has 2 aromatic carbocycles. The normalized spacial score (nSPS) is 19.4. The van der Waals surface area contributed by atoms with Gasteiger partial charge in [-0.2, -0.15) is 0 Å². The van der Waals surface area contributed by atoms with Crippen LogP contribution in [0.2, 0.25) is 5.02 Å². The minimum absolute atomic E-state index is 0.00257. The maximum Gasteiger partial charge on any atom is 0.138 e. The number of hydrogen-bond acceptors (Lipinski definition) is 2. The molecule has 0 radical (unpaired) electrons. The summed E-state index contributed by atoms with van der Waals surface area (Å²) in [5, 5.41) is 4.30. The van der Waals surface area contributed by atoms with Crippen LogP contribution >= 0.6 is 11.6 Å². The first-order valence-electron chi connectivity index (χ1n) is 8.25. The van der Waals surface area contributed by atoms with Gasteiger partial charge in [-0.25, -0.2) is 0 Å². The van der Waals surface area contributed by atoms with Gasteiger partial charge in [-0.05, 0) is 49.6 Å². The van der Waals surface area contributed by atoms with Crippen LogP contribution in [0.5, 0.6) is 0 Å². The molecule has 1 aliphatic carbocycles. The molecule has 0 heterocycles. The molecule has 2 nitrogen and oxygen atoms in total. The molecule has 0 aromatic heterocycles. The third-order valence-corrected chi connectivity index (χ3v) is 4.86. The summed E-state index contributed by atoms with van der Waals surface area (Å²) in [5.74, 6) is 0.405. The molecular weight excluding hydrogens is 306 g/mol. The Hall–Kier alpha value is -1.80. The van der Waals surface area contributed by atoms with E-state index in [2.05, 4.69) is 36.5 Å². The predicted molar refractivity (Wildman–Crippen MR) is 96.0 cm³/mol. The molecule has 0 aliphatic heterocycles. The minimum Gasteiger partial charge on any atom is -0.378 e. The van der Waals surface area contributed by atoms with Gasteiger partial charge in [0, 0.05) is 23.0 Å². The van der Waals surface area contributed by atoms with Crippen LogP contribution in [0.4, 0.5) is 5.69 Å². The number of benzene rings is 2. The Labute approximate surface area is 142 Å². The minimum atomic E-state index is 0.00257. The van der Waals surface area contributed by atoms with Crippen molar-refractivity contribution >= 4 is 23.1 Å². The lowest BCUT2D eigenvalue weighted by molar-refractivity contribution is -0.125. The summed E-state index contributed by atoms with van der Waals surface area (Å²) in [7, 11) is 0. The molecule has 0 saturated heterocycles. The zero-order chi connectivity index (χ0) is 16.2. The van der Waals surface area contributed by atoms with Crippen molar-refractivity contribution in [2.45, 2.75) is 38.6 Å². The molecule has 1 fully saturated rings. The summed E-state index contributed by atoms with van der Waals surface area (Å²) >= 11 is 6.02. The summed E-state index contributed by atoms with van der Waals surface area (Å²) in [6.07, 6.45) is 3.79.